The monoisotopic (exact) mass is 258 g/mol. The highest BCUT2D eigenvalue weighted by Gasteiger charge is 2.24. The van der Waals surface area contributed by atoms with Crippen LogP contribution in [0.2, 0.25) is 0 Å². The number of ether oxygens (including phenoxy) is 1. The van der Waals surface area contributed by atoms with E-state index in [1.807, 2.05) is 0 Å². The van der Waals surface area contributed by atoms with Crippen LogP contribution >= 0.6 is 0 Å². The summed E-state index contributed by atoms with van der Waals surface area (Å²) in [5, 5.41) is 12.4. The first kappa shape index (κ1) is 13.9. The quantitative estimate of drug-likeness (QED) is 0.853. The maximum Gasteiger partial charge on any atom is 0.125 e. The summed E-state index contributed by atoms with van der Waals surface area (Å²) in [7, 11) is 0. The molecule has 0 radical (unpaired) electrons. The first-order valence-corrected chi connectivity index (χ1v) is 6.96. The van der Waals surface area contributed by atoms with Crippen molar-refractivity contribution in [2.75, 3.05) is 6.61 Å². The summed E-state index contributed by atoms with van der Waals surface area (Å²) in [6, 6.07) is 7.05. The van der Waals surface area contributed by atoms with Crippen LogP contribution in [0.25, 0.3) is 0 Å². The van der Waals surface area contributed by atoms with Crippen molar-refractivity contribution in [3.63, 3.8) is 0 Å². The molecule has 1 aliphatic rings. The van der Waals surface area contributed by atoms with Crippen LogP contribution in [-0.2, 0) is 0 Å². The molecular weight excluding hydrogens is 236 g/mol. The van der Waals surface area contributed by atoms with Crippen molar-refractivity contribution >= 4 is 0 Å². The Morgan fingerprint density at radius 3 is 2.47 bits per heavy atom. The van der Waals surface area contributed by atoms with Crippen LogP contribution in [0, 0.1) is 32.1 Å². The van der Waals surface area contributed by atoms with Crippen LogP contribution in [-0.4, -0.2) is 18.7 Å². The van der Waals surface area contributed by atoms with Crippen LogP contribution in [0.3, 0.4) is 0 Å². The van der Waals surface area contributed by atoms with Crippen molar-refractivity contribution in [1.29, 1.82) is 5.26 Å². The highest BCUT2D eigenvalue weighted by Crippen LogP contribution is 2.25. The number of benzene rings is 1. The molecule has 1 aliphatic carbocycles. The second kappa shape index (κ2) is 6.08. The van der Waals surface area contributed by atoms with Gasteiger partial charge in [-0.3, -0.25) is 5.32 Å². The predicted molar refractivity (Wildman–Crippen MR) is 76.3 cm³/mol. The molecule has 0 aromatic heterocycles. The molecule has 1 N–H and O–H groups in total. The van der Waals surface area contributed by atoms with E-state index in [1.165, 1.54) is 29.5 Å². The highest BCUT2D eigenvalue weighted by atomic mass is 16.5. The summed E-state index contributed by atoms with van der Waals surface area (Å²) in [6.07, 6.45) is 3.14. The molecule has 2 rings (SSSR count). The number of rotatable bonds is 6. The Kier molecular flexibility index (Phi) is 4.44. The molecule has 3 nitrogen and oxygen atoms in total. The molecule has 1 aromatic rings. The fourth-order valence-corrected chi connectivity index (χ4v) is 2.39. The van der Waals surface area contributed by atoms with E-state index in [9.17, 15) is 0 Å². The third kappa shape index (κ3) is 3.97. The smallest absolute Gasteiger partial charge is 0.125 e. The number of hydrogen-bond acceptors (Lipinski definition) is 3. The molecule has 1 saturated carbocycles. The van der Waals surface area contributed by atoms with Gasteiger partial charge in [-0.25, -0.2) is 0 Å². The number of hydrogen-bond donors (Lipinski definition) is 1. The van der Waals surface area contributed by atoms with Gasteiger partial charge in [-0.05, 0) is 44.7 Å². The average Bonchev–Trinajstić information content (AvgIpc) is 3.14. The van der Waals surface area contributed by atoms with Crippen LogP contribution in [0.15, 0.2) is 12.1 Å². The van der Waals surface area contributed by atoms with Gasteiger partial charge in [-0.15, -0.1) is 0 Å². The molecule has 1 atom stereocenters. The third-order valence-electron chi connectivity index (χ3n) is 3.43. The van der Waals surface area contributed by atoms with Crippen molar-refractivity contribution in [3.8, 4) is 11.8 Å². The predicted octanol–water partition coefficient (Wildman–Crippen LogP) is 3.02. The Hall–Kier alpha value is -1.53. The second-order valence-corrected chi connectivity index (χ2v) is 5.49. The van der Waals surface area contributed by atoms with E-state index >= 15 is 0 Å². The maximum absolute atomic E-state index is 9.08. The third-order valence-corrected chi connectivity index (χ3v) is 3.43. The molecule has 1 fully saturated rings. The van der Waals surface area contributed by atoms with Gasteiger partial charge in [0.1, 0.15) is 5.75 Å². The second-order valence-electron chi connectivity index (χ2n) is 5.49. The summed E-state index contributed by atoms with van der Waals surface area (Å²) in [5.74, 6) is 0.966. The van der Waals surface area contributed by atoms with Gasteiger partial charge in [0.15, 0.2) is 0 Å². The molecule has 0 saturated heterocycles. The van der Waals surface area contributed by atoms with E-state index in [0.29, 0.717) is 12.6 Å². The minimum Gasteiger partial charge on any atom is -0.493 e. The summed E-state index contributed by atoms with van der Waals surface area (Å²) in [6.45, 7) is 6.82. The lowest BCUT2D eigenvalue weighted by Crippen LogP contribution is -2.31. The van der Waals surface area contributed by atoms with E-state index in [-0.39, 0.29) is 6.04 Å². The lowest BCUT2D eigenvalue weighted by atomic mass is 10.1. The van der Waals surface area contributed by atoms with Crippen molar-refractivity contribution in [2.45, 2.75) is 52.1 Å². The molecular formula is C16H22N2O. The fraction of sp³-hybridized carbons (Fsp3) is 0.562. The van der Waals surface area contributed by atoms with Gasteiger partial charge in [0.25, 0.3) is 0 Å². The zero-order chi connectivity index (χ0) is 13.8. The first-order valence-electron chi connectivity index (χ1n) is 6.96. The summed E-state index contributed by atoms with van der Waals surface area (Å²) in [5.41, 5.74) is 3.59. The zero-order valence-electron chi connectivity index (χ0n) is 12.0. The molecule has 1 aromatic carbocycles. The summed E-state index contributed by atoms with van der Waals surface area (Å²) >= 11 is 0. The van der Waals surface area contributed by atoms with Gasteiger partial charge in [0.05, 0.1) is 18.7 Å². The van der Waals surface area contributed by atoms with Gasteiger partial charge in [-0.1, -0.05) is 17.7 Å². The molecule has 0 heterocycles. The van der Waals surface area contributed by atoms with Gasteiger partial charge in [0.2, 0.25) is 0 Å². The molecule has 102 valence electrons. The Morgan fingerprint density at radius 1 is 1.32 bits per heavy atom. The fourth-order valence-electron chi connectivity index (χ4n) is 2.39. The van der Waals surface area contributed by atoms with Gasteiger partial charge >= 0.3 is 0 Å². The van der Waals surface area contributed by atoms with Gasteiger partial charge < -0.3 is 4.74 Å². The molecule has 0 amide bonds. The largest absolute Gasteiger partial charge is 0.493 e. The number of nitriles is 1. The number of nitrogens with one attached hydrogen (secondary N) is 1. The summed E-state index contributed by atoms with van der Waals surface area (Å²) < 4.78 is 5.87. The van der Waals surface area contributed by atoms with Crippen molar-refractivity contribution < 1.29 is 4.74 Å². The van der Waals surface area contributed by atoms with Gasteiger partial charge in [-0.2, -0.15) is 5.26 Å². The molecule has 19 heavy (non-hydrogen) atoms. The van der Waals surface area contributed by atoms with Crippen LogP contribution in [0.1, 0.15) is 36.0 Å². The van der Waals surface area contributed by atoms with Crippen molar-refractivity contribution in [1.82, 2.24) is 5.32 Å². The van der Waals surface area contributed by atoms with E-state index in [2.05, 4.69) is 44.3 Å². The molecule has 3 heteroatoms. The van der Waals surface area contributed by atoms with Crippen LogP contribution in [0.4, 0.5) is 0 Å². The number of aryl methyl sites for hydroxylation is 3. The Bertz CT molecular complexity index is 463. The lowest BCUT2D eigenvalue weighted by Gasteiger charge is -2.15. The Labute approximate surface area is 115 Å². The first-order chi connectivity index (χ1) is 9.10. The van der Waals surface area contributed by atoms with E-state index < -0.39 is 0 Å². The van der Waals surface area contributed by atoms with E-state index in [0.717, 1.165) is 12.2 Å². The Balaban J connectivity index is 1.86. The minimum atomic E-state index is -0.0847. The number of nitrogens with zero attached hydrogens (tertiary/aromatic N) is 1. The Morgan fingerprint density at radius 2 is 1.95 bits per heavy atom. The highest BCUT2D eigenvalue weighted by molar-refractivity contribution is 5.42. The van der Waals surface area contributed by atoms with Crippen molar-refractivity contribution in [2.24, 2.45) is 0 Å². The van der Waals surface area contributed by atoms with E-state index in [1.54, 1.807) is 0 Å². The zero-order valence-corrected chi connectivity index (χ0v) is 12.0. The lowest BCUT2D eigenvalue weighted by molar-refractivity contribution is 0.293. The van der Waals surface area contributed by atoms with Crippen molar-refractivity contribution in [3.05, 3.63) is 28.8 Å². The standard InChI is InChI=1S/C16H22N2O/c1-11-8-12(2)16(13(3)9-11)19-7-6-15(10-17)18-14-4-5-14/h8-9,14-15,18H,4-7H2,1-3H3. The topological polar surface area (TPSA) is 45.0 Å². The van der Waals surface area contributed by atoms with E-state index in [4.69, 9.17) is 10.00 Å². The van der Waals surface area contributed by atoms with Gasteiger partial charge in [0, 0.05) is 12.5 Å². The summed E-state index contributed by atoms with van der Waals surface area (Å²) in [4.78, 5) is 0. The van der Waals surface area contributed by atoms with Crippen LogP contribution in [0.5, 0.6) is 5.75 Å². The molecule has 1 unspecified atom stereocenters. The average molecular weight is 258 g/mol. The van der Waals surface area contributed by atoms with Crippen LogP contribution < -0.4 is 10.1 Å². The molecule has 0 spiro atoms. The normalized spacial score (nSPS) is 15.9. The SMILES string of the molecule is Cc1cc(C)c(OCCC(C#N)NC2CC2)c(C)c1. The maximum atomic E-state index is 9.08. The minimum absolute atomic E-state index is 0.0847. The molecule has 0 bridgehead atoms. The molecule has 0 aliphatic heterocycles.